The van der Waals surface area contributed by atoms with Crippen LogP contribution in [-0.2, 0) is 0 Å². The van der Waals surface area contributed by atoms with Gasteiger partial charge in [0.05, 0.1) is 12.6 Å². The van der Waals surface area contributed by atoms with Crippen molar-refractivity contribution in [2.24, 2.45) is 0 Å². The number of anilines is 1. The second kappa shape index (κ2) is 6.29. The lowest BCUT2D eigenvalue weighted by Gasteiger charge is -2.20. The van der Waals surface area contributed by atoms with Crippen LogP contribution in [0.1, 0.15) is 30.0 Å². The van der Waals surface area contributed by atoms with E-state index in [2.05, 4.69) is 39.4 Å². The highest BCUT2D eigenvalue weighted by Crippen LogP contribution is 2.36. The third-order valence-electron chi connectivity index (χ3n) is 3.76. The molecule has 0 saturated carbocycles. The number of halogens is 2. The number of benzene rings is 2. The maximum Gasteiger partial charge on any atom is 0.125 e. The summed E-state index contributed by atoms with van der Waals surface area (Å²) < 4.78 is 6.89. The van der Waals surface area contributed by atoms with E-state index in [0.717, 1.165) is 45.9 Å². The highest BCUT2D eigenvalue weighted by atomic mass is 79.9. The van der Waals surface area contributed by atoms with Crippen LogP contribution in [-0.4, -0.2) is 6.61 Å². The Kier molecular flexibility index (Phi) is 4.41. The first-order chi connectivity index (χ1) is 10.1. The van der Waals surface area contributed by atoms with Crippen LogP contribution in [0.25, 0.3) is 0 Å². The van der Waals surface area contributed by atoms with Gasteiger partial charge in [-0.3, -0.25) is 0 Å². The van der Waals surface area contributed by atoms with E-state index in [-0.39, 0.29) is 6.04 Å². The molecule has 1 unspecified atom stereocenters. The maximum absolute atomic E-state index is 6.21. The van der Waals surface area contributed by atoms with Gasteiger partial charge in [0, 0.05) is 20.7 Å². The van der Waals surface area contributed by atoms with E-state index >= 15 is 0 Å². The molecule has 1 heterocycles. The van der Waals surface area contributed by atoms with Gasteiger partial charge in [0.25, 0.3) is 0 Å². The van der Waals surface area contributed by atoms with Crippen LogP contribution >= 0.6 is 27.5 Å². The van der Waals surface area contributed by atoms with Crippen LogP contribution in [0, 0.1) is 6.92 Å². The Balaban J connectivity index is 1.90. The summed E-state index contributed by atoms with van der Waals surface area (Å²) in [5.41, 5.74) is 3.34. The van der Waals surface area contributed by atoms with Gasteiger partial charge < -0.3 is 10.1 Å². The van der Waals surface area contributed by atoms with Gasteiger partial charge in [-0.05, 0) is 49.6 Å². The number of hydrogen-bond donors (Lipinski definition) is 1. The van der Waals surface area contributed by atoms with Crippen LogP contribution in [0.2, 0.25) is 5.02 Å². The minimum absolute atomic E-state index is 0.245. The molecule has 0 aliphatic carbocycles. The van der Waals surface area contributed by atoms with E-state index in [0.29, 0.717) is 0 Å². The number of ether oxygens (including phenoxy) is 1. The molecule has 0 spiro atoms. The third kappa shape index (κ3) is 3.35. The topological polar surface area (TPSA) is 21.3 Å². The van der Waals surface area contributed by atoms with Crippen molar-refractivity contribution < 1.29 is 4.74 Å². The van der Waals surface area contributed by atoms with Gasteiger partial charge >= 0.3 is 0 Å². The van der Waals surface area contributed by atoms with E-state index in [1.165, 1.54) is 5.56 Å². The zero-order valence-corrected chi connectivity index (χ0v) is 14.2. The summed E-state index contributed by atoms with van der Waals surface area (Å²) in [6.45, 7) is 2.77. The Morgan fingerprint density at radius 3 is 2.90 bits per heavy atom. The lowest BCUT2D eigenvalue weighted by Crippen LogP contribution is -2.10. The number of aryl methyl sites for hydroxylation is 1. The van der Waals surface area contributed by atoms with Gasteiger partial charge in [0.15, 0.2) is 0 Å². The molecule has 1 N–H and O–H groups in total. The molecule has 1 aliphatic rings. The predicted molar refractivity (Wildman–Crippen MR) is 91.4 cm³/mol. The lowest BCUT2D eigenvalue weighted by molar-refractivity contribution is 0.316. The van der Waals surface area contributed by atoms with E-state index in [1.54, 1.807) is 0 Å². The van der Waals surface area contributed by atoms with E-state index < -0.39 is 0 Å². The largest absolute Gasteiger partial charge is 0.493 e. The van der Waals surface area contributed by atoms with Crippen molar-refractivity contribution in [3.05, 3.63) is 57.0 Å². The Bertz CT molecular complexity index is 659. The van der Waals surface area contributed by atoms with Crippen molar-refractivity contribution in [3.8, 4) is 5.75 Å². The Hall–Kier alpha value is -1.19. The molecule has 2 aromatic carbocycles. The van der Waals surface area contributed by atoms with Crippen LogP contribution in [0.5, 0.6) is 5.75 Å². The Morgan fingerprint density at radius 1 is 1.24 bits per heavy atom. The van der Waals surface area contributed by atoms with Crippen LogP contribution < -0.4 is 10.1 Å². The molecule has 1 atom stereocenters. The molecule has 0 fully saturated rings. The Labute approximate surface area is 138 Å². The molecule has 21 heavy (non-hydrogen) atoms. The van der Waals surface area contributed by atoms with Crippen molar-refractivity contribution in [3.63, 3.8) is 0 Å². The fraction of sp³-hybridized carbons (Fsp3) is 0.294. The van der Waals surface area contributed by atoms with E-state index in [1.807, 2.05) is 25.1 Å². The molecule has 4 heteroatoms. The zero-order chi connectivity index (χ0) is 14.8. The number of hydrogen-bond acceptors (Lipinski definition) is 2. The molecule has 2 nitrogen and oxygen atoms in total. The minimum atomic E-state index is 0.245. The van der Waals surface area contributed by atoms with Gasteiger partial charge in [0.1, 0.15) is 5.75 Å². The standard InChI is InChI=1S/C17H17BrClNO/c1-11-4-6-13(10-15(11)19)20-16-3-2-8-21-17-9-12(18)5-7-14(16)17/h4-7,9-10,16,20H,2-3,8H2,1H3. The summed E-state index contributed by atoms with van der Waals surface area (Å²) in [4.78, 5) is 0. The number of nitrogens with one attached hydrogen (secondary N) is 1. The minimum Gasteiger partial charge on any atom is -0.493 e. The highest BCUT2D eigenvalue weighted by Gasteiger charge is 2.20. The summed E-state index contributed by atoms with van der Waals surface area (Å²) in [6, 6.07) is 12.6. The van der Waals surface area contributed by atoms with Crippen molar-refractivity contribution in [2.75, 3.05) is 11.9 Å². The molecule has 0 amide bonds. The van der Waals surface area contributed by atoms with Crippen molar-refractivity contribution in [1.29, 1.82) is 0 Å². The van der Waals surface area contributed by atoms with Crippen molar-refractivity contribution in [1.82, 2.24) is 0 Å². The summed E-state index contributed by atoms with van der Waals surface area (Å²) in [5.74, 6) is 0.956. The fourth-order valence-electron chi connectivity index (χ4n) is 2.58. The molecule has 2 aromatic rings. The third-order valence-corrected chi connectivity index (χ3v) is 4.66. The monoisotopic (exact) mass is 365 g/mol. The van der Waals surface area contributed by atoms with Crippen molar-refractivity contribution in [2.45, 2.75) is 25.8 Å². The summed E-state index contributed by atoms with van der Waals surface area (Å²) >= 11 is 9.72. The van der Waals surface area contributed by atoms with Gasteiger partial charge in [-0.1, -0.05) is 39.7 Å². The second-order valence-corrected chi connectivity index (χ2v) is 6.66. The molecule has 1 aliphatic heterocycles. The molecular formula is C17H17BrClNO. The molecule has 3 rings (SSSR count). The summed E-state index contributed by atoms with van der Waals surface area (Å²) in [6.07, 6.45) is 2.07. The van der Waals surface area contributed by atoms with Crippen LogP contribution in [0.4, 0.5) is 5.69 Å². The van der Waals surface area contributed by atoms with Crippen LogP contribution in [0.3, 0.4) is 0 Å². The average Bonchev–Trinajstić information content (AvgIpc) is 2.65. The molecule has 0 aromatic heterocycles. The first-order valence-electron chi connectivity index (χ1n) is 7.08. The molecule has 0 radical (unpaired) electrons. The quantitative estimate of drug-likeness (QED) is 0.732. The molecule has 110 valence electrons. The molecule has 0 saturated heterocycles. The van der Waals surface area contributed by atoms with Crippen LogP contribution in [0.15, 0.2) is 40.9 Å². The first-order valence-corrected chi connectivity index (χ1v) is 8.25. The normalized spacial score (nSPS) is 17.6. The zero-order valence-electron chi connectivity index (χ0n) is 11.8. The number of rotatable bonds is 2. The SMILES string of the molecule is Cc1ccc(NC2CCCOc3cc(Br)ccc32)cc1Cl. The predicted octanol–water partition coefficient (Wildman–Crippen LogP) is 5.74. The van der Waals surface area contributed by atoms with Gasteiger partial charge in [0.2, 0.25) is 0 Å². The highest BCUT2D eigenvalue weighted by molar-refractivity contribution is 9.10. The summed E-state index contributed by atoms with van der Waals surface area (Å²) in [5, 5.41) is 4.38. The average molecular weight is 367 g/mol. The summed E-state index contributed by atoms with van der Waals surface area (Å²) in [7, 11) is 0. The fourth-order valence-corrected chi connectivity index (χ4v) is 3.10. The molecule has 0 bridgehead atoms. The van der Waals surface area contributed by atoms with Gasteiger partial charge in [-0.15, -0.1) is 0 Å². The maximum atomic E-state index is 6.21. The Morgan fingerprint density at radius 2 is 2.10 bits per heavy atom. The van der Waals surface area contributed by atoms with Crippen molar-refractivity contribution >= 4 is 33.2 Å². The van der Waals surface area contributed by atoms with E-state index in [9.17, 15) is 0 Å². The first kappa shape index (κ1) is 14.7. The smallest absolute Gasteiger partial charge is 0.125 e. The van der Waals surface area contributed by atoms with Gasteiger partial charge in [-0.2, -0.15) is 0 Å². The molecular weight excluding hydrogens is 350 g/mol. The lowest BCUT2D eigenvalue weighted by atomic mass is 10.0. The van der Waals surface area contributed by atoms with Gasteiger partial charge in [-0.25, -0.2) is 0 Å². The second-order valence-electron chi connectivity index (χ2n) is 5.33. The number of fused-ring (bicyclic) bond motifs is 1. The van der Waals surface area contributed by atoms with E-state index in [4.69, 9.17) is 16.3 Å².